The number of ether oxygens (including phenoxy) is 1. The number of hydrogen-bond acceptors (Lipinski definition) is 5. The summed E-state index contributed by atoms with van der Waals surface area (Å²) in [4.78, 5) is 1.61. The van der Waals surface area contributed by atoms with Gasteiger partial charge >= 0.3 is 10.1 Å². The zero-order valence-electron chi connectivity index (χ0n) is 16.8. The molecule has 2 heterocycles. The minimum atomic E-state index is -3.85. The molecule has 5 rings (SSSR count). The Morgan fingerprint density at radius 1 is 0.967 bits per heavy atom. The smallest absolute Gasteiger partial charge is 0.339 e. The second kappa shape index (κ2) is 7.84. The Hall–Kier alpha value is -2.15. The molecule has 6 heteroatoms. The summed E-state index contributed by atoms with van der Waals surface area (Å²) in [5.41, 5.74) is 3.28. The molecular formula is C24H24O4S2. The van der Waals surface area contributed by atoms with E-state index in [9.17, 15) is 8.42 Å². The molecule has 1 fully saturated rings. The van der Waals surface area contributed by atoms with Crippen LogP contribution in [-0.2, 0) is 14.9 Å². The first-order valence-electron chi connectivity index (χ1n) is 10.4. The van der Waals surface area contributed by atoms with E-state index in [4.69, 9.17) is 8.92 Å². The molecule has 156 valence electrons. The van der Waals surface area contributed by atoms with E-state index in [0.717, 1.165) is 17.5 Å². The summed E-state index contributed by atoms with van der Waals surface area (Å²) in [6.07, 6.45) is 4.97. The topological polar surface area (TPSA) is 52.6 Å². The van der Waals surface area contributed by atoms with Gasteiger partial charge in [-0.05, 0) is 66.6 Å². The van der Waals surface area contributed by atoms with Crippen LogP contribution in [0.5, 0.6) is 5.75 Å². The van der Waals surface area contributed by atoms with E-state index < -0.39 is 10.1 Å². The standard InChI is InChI=1S/C24H24O4S2/c1-16-6-12-19(13-7-16)30(25,26)28-18-10-8-17(9-11-18)23-21-14-15-29-24(21)20-4-2-3-5-22(20)27-23/h6-15,20,22-23H,2-5H2,1H3/t20-,22-,23-/m0/s1. The van der Waals surface area contributed by atoms with E-state index >= 15 is 0 Å². The Balaban J connectivity index is 1.38. The Morgan fingerprint density at radius 3 is 2.47 bits per heavy atom. The Bertz CT molecular complexity index is 1130. The summed E-state index contributed by atoms with van der Waals surface area (Å²) in [6, 6.07) is 16.1. The summed E-state index contributed by atoms with van der Waals surface area (Å²) in [6.45, 7) is 1.91. The van der Waals surface area contributed by atoms with Gasteiger partial charge in [-0.1, -0.05) is 42.7 Å². The van der Waals surface area contributed by atoms with Crippen LogP contribution in [0.1, 0.15) is 59.3 Å². The number of aryl methyl sites for hydroxylation is 1. The summed E-state index contributed by atoms with van der Waals surface area (Å²) >= 11 is 1.84. The van der Waals surface area contributed by atoms with Crippen molar-refractivity contribution in [3.8, 4) is 5.75 Å². The molecule has 0 radical (unpaired) electrons. The quantitative estimate of drug-likeness (QED) is 0.469. The molecular weight excluding hydrogens is 416 g/mol. The second-order valence-electron chi connectivity index (χ2n) is 8.11. The molecule has 4 nitrogen and oxygen atoms in total. The predicted octanol–water partition coefficient (Wildman–Crippen LogP) is 5.97. The highest BCUT2D eigenvalue weighted by Gasteiger charge is 2.38. The molecule has 1 aromatic heterocycles. The Morgan fingerprint density at radius 2 is 1.70 bits per heavy atom. The molecule has 1 aliphatic carbocycles. The lowest BCUT2D eigenvalue weighted by Gasteiger charge is -2.39. The van der Waals surface area contributed by atoms with Crippen LogP contribution in [0.3, 0.4) is 0 Å². The van der Waals surface area contributed by atoms with Crippen molar-refractivity contribution in [2.75, 3.05) is 0 Å². The van der Waals surface area contributed by atoms with E-state index in [0.29, 0.717) is 11.7 Å². The molecule has 0 unspecified atom stereocenters. The van der Waals surface area contributed by atoms with E-state index in [1.807, 2.05) is 30.4 Å². The summed E-state index contributed by atoms with van der Waals surface area (Å²) in [5, 5.41) is 2.16. The van der Waals surface area contributed by atoms with Crippen molar-refractivity contribution in [1.29, 1.82) is 0 Å². The predicted molar refractivity (Wildman–Crippen MR) is 118 cm³/mol. The van der Waals surface area contributed by atoms with Crippen molar-refractivity contribution in [2.24, 2.45) is 0 Å². The molecule has 1 saturated carbocycles. The van der Waals surface area contributed by atoms with Crippen molar-refractivity contribution >= 4 is 21.5 Å². The van der Waals surface area contributed by atoms with Crippen molar-refractivity contribution < 1.29 is 17.3 Å². The third-order valence-corrected chi connectivity index (χ3v) is 8.38. The fourth-order valence-corrected chi connectivity index (χ4v) is 6.54. The lowest BCUT2D eigenvalue weighted by Crippen LogP contribution is -2.32. The second-order valence-corrected chi connectivity index (χ2v) is 10.6. The molecule has 3 aromatic rings. The van der Waals surface area contributed by atoms with Crippen LogP contribution >= 0.6 is 11.3 Å². The third kappa shape index (κ3) is 3.68. The van der Waals surface area contributed by atoms with Gasteiger partial charge in [0, 0.05) is 10.8 Å². The first kappa shape index (κ1) is 19.8. The van der Waals surface area contributed by atoms with Gasteiger partial charge in [-0.25, -0.2) is 0 Å². The van der Waals surface area contributed by atoms with Crippen molar-refractivity contribution in [3.63, 3.8) is 0 Å². The molecule has 1 aliphatic heterocycles. The maximum Gasteiger partial charge on any atom is 0.339 e. The Kier molecular flexibility index (Phi) is 5.17. The molecule has 3 atom stereocenters. The fraction of sp³-hybridized carbons (Fsp3) is 0.333. The lowest BCUT2D eigenvalue weighted by molar-refractivity contribution is -0.0374. The monoisotopic (exact) mass is 440 g/mol. The van der Waals surface area contributed by atoms with Crippen LogP contribution in [0.2, 0.25) is 0 Å². The summed E-state index contributed by atoms with van der Waals surface area (Å²) < 4.78 is 37.0. The molecule has 2 aliphatic rings. The van der Waals surface area contributed by atoms with Gasteiger partial charge in [-0.15, -0.1) is 11.3 Å². The third-order valence-electron chi connectivity index (χ3n) is 6.06. The maximum absolute atomic E-state index is 12.5. The average Bonchev–Trinajstić information content (AvgIpc) is 3.24. The van der Waals surface area contributed by atoms with E-state index in [1.165, 1.54) is 29.7 Å². The first-order chi connectivity index (χ1) is 14.5. The first-order valence-corrected chi connectivity index (χ1v) is 12.6. The van der Waals surface area contributed by atoms with Gasteiger partial charge in [-0.2, -0.15) is 8.42 Å². The Labute approximate surface area is 181 Å². The highest BCUT2D eigenvalue weighted by Crippen LogP contribution is 2.49. The SMILES string of the molecule is Cc1ccc(S(=O)(=O)Oc2ccc([C@@H]3O[C@H]4CCCC[C@@H]4c4sccc43)cc2)cc1. The highest BCUT2D eigenvalue weighted by molar-refractivity contribution is 7.87. The summed E-state index contributed by atoms with van der Waals surface area (Å²) in [5.74, 6) is 0.823. The molecule has 0 saturated heterocycles. The minimum Gasteiger partial charge on any atom is -0.379 e. The van der Waals surface area contributed by atoms with Crippen LogP contribution in [-0.4, -0.2) is 14.5 Å². The van der Waals surface area contributed by atoms with Gasteiger partial charge in [0.2, 0.25) is 0 Å². The van der Waals surface area contributed by atoms with Gasteiger partial charge in [0.05, 0.1) is 6.10 Å². The van der Waals surface area contributed by atoms with Crippen molar-refractivity contribution in [3.05, 3.63) is 81.5 Å². The average molecular weight is 441 g/mol. The number of fused-ring (bicyclic) bond motifs is 3. The van der Waals surface area contributed by atoms with E-state index in [2.05, 4.69) is 11.4 Å². The van der Waals surface area contributed by atoms with Gasteiger partial charge in [-0.3, -0.25) is 0 Å². The van der Waals surface area contributed by atoms with Gasteiger partial charge in [0.25, 0.3) is 0 Å². The molecule has 0 amide bonds. The number of hydrogen-bond donors (Lipinski definition) is 0. The number of rotatable bonds is 4. The van der Waals surface area contributed by atoms with Crippen molar-refractivity contribution in [2.45, 2.75) is 55.6 Å². The maximum atomic E-state index is 12.5. The van der Waals surface area contributed by atoms with Crippen molar-refractivity contribution in [1.82, 2.24) is 0 Å². The molecule has 0 N–H and O–H groups in total. The molecule has 0 spiro atoms. The van der Waals surface area contributed by atoms with Crippen LogP contribution in [0.25, 0.3) is 0 Å². The normalized spacial score (nSPS) is 23.4. The molecule has 30 heavy (non-hydrogen) atoms. The van der Waals surface area contributed by atoms with Gasteiger partial charge < -0.3 is 8.92 Å². The largest absolute Gasteiger partial charge is 0.379 e. The summed E-state index contributed by atoms with van der Waals surface area (Å²) in [7, 11) is -3.85. The highest BCUT2D eigenvalue weighted by atomic mass is 32.2. The minimum absolute atomic E-state index is 0.103. The van der Waals surface area contributed by atoms with Crippen LogP contribution in [0.15, 0.2) is 64.9 Å². The van der Waals surface area contributed by atoms with E-state index in [1.54, 1.807) is 36.4 Å². The van der Waals surface area contributed by atoms with Crippen LogP contribution in [0.4, 0.5) is 0 Å². The number of benzene rings is 2. The van der Waals surface area contributed by atoms with Crippen LogP contribution in [0, 0.1) is 6.92 Å². The van der Waals surface area contributed by atoms with Crippen LogP contribution < -0.4 is 4.18 Å². The van der Waals surface area contributed by atoms with Gasteiger partial charge in [0.15, 0.2) is 0 Å². The van der Waals surface area contributed by atoms with Gasteiger partial charge in [0.1, 0.15) is 16.7 Å². The lowest BCUT2D eigenvalue weighted by atomic mass is 9.80. The zero-order valence-corrected chi connectivity index (χ0v) is 18.4. The van der Waals surface area contributed by atoms with E-state index in [-0.39, 0.29) is 17.1 Å². The zero-order chi connectivity index (χ0) is 20.7. The molecule has 2 aromatic carbocycles. The fourth-order valence-electron chi connectivity index (χ4n) is 4.49. The molecule has 0 bridgehead atoms. The number of thiophene rings is 1.